The van der Waals surface area contributed by atoms with Gasteiger partial charge in [0.25, 0.3) is 0 Å². The van der Waals surface area contributed by atoms with E-state index in [0.717, 1.165) is 25.1 Å². The van der Waals surface area contributed by atoms with E-state index in [-0.39, 0.29) is 5.41 Å². The maximum absolute atomic E-state index is 4.29. The Morgan fingerprint density at radius 1 is 1.31 bits per heavy atom. The Hall–Kier alpha value is -0.480. The number of aromatic nitrogens is 2. The molecular formula is C12H23N3S. The monoisotopic (exact) mass is 241 g/mol. The molecule has 4 heteroatoms. The average molecular weight is 241 g/mol. The summed E-state index contributed by atoms with van der Waals surface area (Å²) in [5.74, 6) is 0. The molecule has 0 aliphatic carbocycles. The van der Waals surface area contributed by atoms with Crippen molar-refractivity contribution in [2.45, 2.75) is 58.9 Å². The van der Waals surface area contributed by atoms with E-state index in [2.05, 4.69) is 49.5 Å². The number of nitrogens with zero attached hydrogens (tertiary/aromatic N) is 2. The van der Waals surface area contributed by atoms with E-state index in [4.69, 9.17) is 0 Å². The molecule has 1 aromatic heterocycles. The van der Waals surface area contributed by atoms with Gasteiger partial charge in [-0.3, -0.25) is 0 Å². The highest BCUT2D eigenvalue weighted by Crippen LogP contribution is 2.31. The molecule has 1 aromatic rings. The molecule has 1 heterocycles. The molecule has 0 aliphatic heterocycles. The van der Waals surface area contributed by atoms with Crippen molar-refractivity contribution >= 4 is 11.5 Å². The fraction of sp³-hybridized carbons (Fsp3) is 0.833. The van der Waals surface area contributed by atoms with Crippen LogP contribution in [0.25, 0.3) is 0 Å². The zero-order valence-electron chi connectivity index (χ0n) is 11.0. The van der Waals surface area contributed by atoms with E-state index in [1.54, 1.807) is 0 Å². The Labute approximate surface area is 103 Å². The first-order chi connectivity index (χ1) is 7.50. The molecule has 0 spiro atoms. The number of rotatable bonds is 5. The molecule has 1 N–H and O–H groups in total. The van der Waals surface area contributed by atoms with E-state index >= 15 is 0 Å². The van der Waals surface area contributed by atoms with Crippen LogP contribution in [-0.2, 0) is 5.41 Å². The van der Waals surface area contributed by atoms with Crippen LogP contribution in [0.1, 0.15) is 64.1 Å². The molecule has 0 saturated carbocycles. The molecule has 1 atom stereocenters. The number of hydrogen-bond donors (Lipinski definition) is 1. The van der Waals surface area contributed by atoms with Crippen molar-refractivity contribution in [2.24, 2.45) is 0 Å². The van der Waals surface area contributed by atoms with Gasteiger partial charge in [-0.15, -0.1) is 5.10 Å². The van der Waals surface area contributed by atoms with Crippen molar-refractivity contribution in [3.63, 3.8) is 0 Å². The summed E-state index contributed by atoms with van der Waals surface area (Å²) in [5.41, 5.74) is 1.23. The highest BCUT2D eigenvalue weighted by Gasteiger charge is 2.25. The highest BCUT2D eigenvalue weighted by molar-refractivity contribution is 7.05. The smallest absolute Gasteiger partial charge is 0.0857 e. The normalized spacial score (nSPS) is 14.1. The van der Waals surface area contributed by atoms with Gasteiger partial charge >= 0.3 is 0 Å². The maximum atomic E-state index is 4.29. The molecule has 0 amide bonds. The van der Waals surface area contributed by atoms with Crippen molar-refractivity contribution in [2.75, 3.05) is 6.54 Å². The quantitative estimate of drug-likeness (QED) is 0.859. The van der Waals surface area contributed by atoms with Gasteiger partial charge in [-0.05, 0) is 30.9 Å². The van der Waals surface area contributed by atoms with Gasteiger partial charge in [0.2, 0.25) is 0 Å². The molecule has 3 nitrogen and oxygen atoms in total. The van der Waals surface area contributed by atoms with Crippen LogP contribution < -0.4 is 5.32 Å². The van der Waals surface area contributed by atoms with Gasteiger partial charge in [0.05, 0.1) is 10.6 Å². The first-order valence-electron chi connectivity index (χ1n) is 6.06. The maximum Gasteiger partial charge on any atom is 0.0857 e. The van der Waals surface area contributed by atoms with Crippen molar-refractivity contribution in [3.8, 4) is 0 Å². The molecule has 92 valence electrons. The Morgan fingerprint density at radius 2 is 2.00 bits per heavy atom. The second-order valence-electron chi connectivity index (χ2n) is 5.15. The Kier molecular flexibility index (Phi) is 4.87. The molecule has 0 aliphatic rings. The van der Waals surface area contributed by atoms with E-state index in [1.807, 2.05) is 0 Å². The van der Waals surface area contributed by atoms with Crippen LogP contribution in [0.15, 0.2) is 0 Å². The van der Waals surface area contributed by atoms with Crippen LogP contribution in [0, 0.1) is 0 Å². The molecule has 0 fully saturated rings. The van der Waals surface area contributed by atoms with Gasteiger partial charge in [0.15, 0.2) is 0 Å². The topological polar surface area (TPSA) is 37.8 Å². The minimum absolute atomic E-state index is 0.0870. The molecule has 0 radical (unpaired) electrons. The van der Waals surface area contributed by atoms with E-state index in [0.29, 0.717) is 6.04 Å². The van der Waals surface area contributed by atoms with Crippen LogP contribution in [0.5, 0.6) is 0 Å². The van der Waals surface area contributed by atoms with Gasteiger partial charge in [-0.1, -0.05) is 39.1 Å². The SMILES string of the molecule is CCCNC(CC)c1snnc1C(C)(C)C. The van der Waals surface area contributed by atoms with Gasteiger partial charge in [-0.2, -0.15) is 0 Å². The van der Waals surface area contributed by atoms with Crippen molar-refractivity contribution in [3.05, 3.63) is 10.6 Å². The molecule has 0 saturated heterocycles. The third-order valence-electron chi connectivity index (χ3n) is 2.59. The summed E-state index contributed by atoms with van der Waals surface area (Å²) < 4.78 is 4.12. The van der Waals surface area contributed by atoms with Crippen molar-refractivity contribution in [1.29, 1.82) is 0 Å². The number of nitrogens with one attached hydrogen (secondary N) is 1. The molecule has 16 heavy (non-hydrogen) atoms. The van der Waals surface area contributed by atoms with Crippen LogP contribution >= 0.6 is 11.5 Å². The summed E-state index contributed by atoms with van der Waals surface area (Å²) >= 11 is 1.54. The zero-order valence-corrected chi connectivity index (χ0v) is 11.8. The van der Waals surface area contributed by atoms with Crippen molar-refractivity contribution < 1.29 is 0 Å². The minimum atomic E-state index is 0.0870. The van der Waals surface area contributed by atoms with E-state index in [1.165, 1.54) is 16.4 Å². The molecule has 0 aromatic carbocycles. The predicted molar refractivity (Wildman–Crippen MR) is 69.9 cm³/mol. The van der Waals surface area contributed by atoms with Gasteiger partial charge in [0.1, 0.15) is 0 Å². The Bertz CT molecular complexity index is 314. The second-order valence-corrected chi connectivity index (χ2v) is 5.94. The standard InChI is InChI=1S/C12H23N3S/c1-6-8-13-9(7-2)10-11(12(3,4)5)14-15-16-10/h9,13H,6-8H2,1-5H3. The van der Waals surface area contributed by atoms with Gasteiger partial charge in [0, 0.05) is 11.5 Å². The van der Waals surface area contributed by atoms with Gasteiger partial charge in [-0.25, -0.2) is 0 Å². The summed E-state index contributed by atoms with van der Waals surface area (Å²) in [5, 5.41) is 7.86. The third kappa shape index (κ3) is 3.25. The molecule has 1 unspecified atom stereocenters. The lowest BCUT2D eigenvalue weighted by atomic mass is 9.89. The zero-order chi connectivity index (χ0) is 12.2. The summed E-state index contributed by atoms with van der Waals surface area (Å²) in [6.07, 6.45) is 2.25. The predicted octanol–water partition coefficient (Wildman–Crippen LogP) is 3.29. The largest absolute Gasteiger partial charge is 0.309 e. The van der Waals surface area contributed by atoms with Crippen LogP contribution in [-0.4, -0.2) is 16.1 Å². The van der Waals surface area contributed by atoms with Gasteiger partial charge < -0.3 is 5.32 Å². The Morgan fingerprint density at radius 3 is 2.50 bits per heavy atom. The first-order valence-corrected chi connectivity index (χ1v) is 6.84. The van der Waals surface area contributed by atoms with Crippen molar-refractivity contribution in [1.82, 2.24) is 14.9 Å². The third-order valence-corrected chi connectivity index (χ3v) is 3.43. The van der Waals surface area contributed by atoms with Crippen LogP contribution in [0.3, 0.4) is 0 Å². The summed E-state index contributed by atoms with van der Waals surface area (Å²) in [7, 11) is 0. The fourth-order valence-corrected chi connectivity index (χ4v) is 2.71. The van der Waals surface area contributed by atoms with Crippen LogP contribution in [0.2, 0.25) is 0 Å². The first kappa shape index (κ1) is 13.6. The number of hydrogen-bond acceptors (Lipinski definition) is 4. The minimum Gasteiger partial charge on any atom is -0.309 e. The lowest BCUT2D eigenvalue weighted by Gasteiger charge is -2.21. The lowest BCUT2D eigenvalue weighted by Crippen LogP contribution is -2.24. The molecular weight excluding hydrogens is 218 g/mol. The Balaban J connectivity index is 2.88. The van der Waals surface area contributed by atoms with E-state index < -0.39 is 0 Å². The van der Waals surface area contributed by atoms with Crippen LogP contribution in [0.4, 0.5) is 0 Å². The second kappa shape index (κ2) is 5.73. The summed E-state index contributed by atoms with van der Waals surface area (Å²) in [6.45, 7) is 12.0. The summed E-state index contributed by atoms with van der Waals surface area (Å²) in [4.78, 5) is 1.31. The molecule has 1 rings (SSSR count). The highest BCUT2D eigenvalue weighted by atomic mass is 32.1. The summed E-state index contributed by atoms with van der Waals surface area (Å²) in [6, 6.07) is 0.411. The average Bonchev–Trinajstić information content (AvgIpc) is 2.67. The van der Waals surface area contributed by atoms with E-state index in [9.17, 15) is 0 Å². The lowest BCUT2D eigenvalue weighted by molar-refractivity contribution is 0.497. The fourth-order valence-electron chi connectivity index (χ4n) is 1.69. The molecule has 0 bridgehead atoms.